The number of ether oxygens (including phenoxy) is 1. The molecule has 0 radical (unpaired) electrons. The average Bonchev–Trinajstić information content (AvgIpc) is 2.88. The van der Waals surface area contributed by atoms with Gasteiger partial charge in [0.1, 0.15) is 0 Å². The first-order valence-corrected chi connectivity index (χ1v) is 12.1. The van der Waals surface area contributed by atoms with E-state index in [0.717, 1.165) is 23.8 Å². The lowest BCUT2D eigenvalue weighted by atomic mass is 10.0. The number of rotatable bonds is 6. The number of pyridine rings is 1. The maximum Gasteiger partial charge on any atom is 0.409 e. The average molecular weight is 497 g/mol. The number of aliphatic hydroxyl groups excluding tert-OH is 1. The minimum atomic E-state index is -0.324. The number of nitrogens with zero attached hydrogens (tertiary/aromatic N) is 3. The molecular formula is C26H29ClN4O4. The largest absolute Gasteiger partial charge is 0.449 e. The van der Waals surface area contributed by atoms with Crippen LogP contribution in [0.15, 0.2) is 42.5 Å². The van der Waals surface area contributed by atoms with Crippen LogP contribution in [0.3, 0.4) is 0 Å². The molecule has 2 aromatic carbocycles. The molecule has 1 saturated heterocycles. The Balaban J connectivity index is 1.51. The Morgan fingerprint density at radius 3 is 2.54 bits per heavy atom. The maximum atomic E-state index is 13.2. The van der Waals surface area contributed by atoms with Crippen LogP contribution in [0.5, 0.6) is 0 Å². The van der Waals surface area contributed by atoms with Gasteiger partial charge in [0.05, 0.1) is 29.4 Å². The van der Waals surface area contributed by atoms with Crippen LogP contribution >= 0.6 is 11.6 Å². The van der Waals surface area contributed by atoms with E-state index in [4.69, 9.17) is 27.1 Å². The van der Waals surface area contributed by atoms with Crippen molar-refractivity contribution in [1.29, 1.82) is 0 Å². The zero-order valence-corrected chi connectivity index (χ0v) is 20.4. The van der Waals surface area contributed by atoms with Gasteiger partial charge in [-0.15, -0.1) is 0 Å². The van der Waals surface area contributed by atoms with Crippen LogP contribution in [0.25, 0.3) is 22.2 Å². The second kappa shape index (κ2) is 10.9. The van der Waals surface area contributed by atoms with Crippen molar-refractivity contribution in [2.24, 2.45) is 0 Å². The summed E-state index contributed by atoms with van der Waals surface area (Å²) in [7, 11) is 0. The van der Waals surface area contributed by atoms with Crippen LogP contribution in [0.2, 0.25) is 5.02 Å². The maximum absolute atomic E-state index is 13.2. The van der Waals surface area contributed by atoms with Crippen molar-refractivity contribution in [3.05, 3.63) is 58.6 Å². The van der Waals surface area contributed by atoms with Crippen molar-refractivity contribution < 1.29 is 19.4 Å². The molecule has 2 heterocycles. The summed E-state index contributed by atoms with van der Waals surface area (Å²) in [5.41, 5.74) is 9.50. The summed E-state index contributed by atoms with van der Waals surface area (Å²) in [4.78, 5) is 33.4. The number of nitrogen functional groups attached to an aromatic ring is 1. The number of amides is 2. The molecule has 0 saturated carbocycles. The molecule has 0 atom stereocenters. The number of hydrogen-bond acceptors (Lipinski definition) is 6. The first kappa shape index (κ1) is 24.8. The molecule has 2 amide bonds. The fraction of sp³-hybridized carbons (Fsp3) is 0.346. The van der Waals surface area contributed by atoms with E-state index in [1.54, 1.807) is 46.2 Å². The Morgan fingerprint density at radius 2 is 1.83 bits per heavy atom. The quantitative estimate of drug-likeness (QED) is 0.388. The number of aromatic nitrogens is 1. The third kappa shape index (κ3) is 5.49. The Kier molecular flexibility index (Phi) is 7.73. The zero-order valence-electron chi connectivity index (χ0n) is 19.7. The second-order valence-electron chi connectivity index (χ2n) is 8.54. The highest BCUT2D eigenvalue weighted by molar-refractivity contribution is 6.35. The molecule has 4 rings (SSSR count). The van der Waals surface area contributed by atoms with Gasteiger partial charge in [-0.25, -0.2) is 9.78 Å². The molecule has 0 spiro atoms. The van der Waals surface area contributed by atoms with Gasteiger partial charge in [0.2, 0.25) is 0 Å². The lowest BCUT2D eigenvalue weighted by Crippen LogP contribution is -2.50. The van der Waals surface area contributed by atoms with E-state index in [0.29, 0.717) is 65.8 Å². The Bertz CT molecular complexity index is 1240. The minimum absolute atomic E-state index is 0.121. The van der Waals surface area contributed by atoms with Crippen LogP contribution in [0, 0.1) is 0 Å². The summed E-state index contributed by atoms with van der Waals surface area (Å²) in [5.74, 6) is -0.121. The molecule has 184 valence electrons. The van der Waals surface area contributed by atoms with Crippen LogP contribution in [0.4, 0.5) is 10.5 Å². The fourth-order valence-electron chi connectivity index (χ4n) is 4.04. The molecule has 35 heavy (non-hydrogen) atoms. The highest BCUT2D eigenvalue weighted by Crippen LogP contribution is 2.30. The van der Waals surface area contributed by atoms with Gasteiger partial charge in [-0.1, -0.05) is 37.1 Å². The van der Waals surface area contributed by atoms with Crippen LogP contribution in [0.1, 0.15) is 35.7 Å². The lowest BCUT2D eigenvalue weighted by Gasteiger charge is -2.34. The van der Waals surface area contributed by atoms with E-state index in [2.05, 4.69) is 0 Å². The number of halogens is 1. The summed E-state index contributed by atoms with van der Waals surface area (Å²) in [6.45, 7) is 4.02. The number of hydrogen-bond donors (Lipinski definition) is 2. The van der Waals surface area contributed by atoms with E-state index in [1.165, 1.54) is 0 Å². The monoisotopic (exact) mass is 496 g/mol. The Hall–Kier alpha value is -3.36. The molecule has 3 N–H and O–H groups in total. The Labute approximate surface area is 209 Å². The predicted molar refractivity (Wildman–Crippen MR) is 136 cm³/mol. The van der Waals surface area contributed by atoms with Crippen LogP contribution < -0.4 is 5.73 Å². The van der Waals surface area contributed by atoms with Crippen molar-refractivity contribution in [2.75, 3.05) is 38.5 Å². The number of aliphatic hydroxyl groups is 1. The second-order valence-corrected chi connectivity index (χ2v) is 8.95. The van der Waals surface area contributed by atoms with Crippen molar-refractivity contribution in [2.45, 2.75) is 26.4 Å². The third-order valence-corrected chi connectivity index (χ3v) is 6.48. The molecule has 1 aromatic heterocycles. The van der Waals surface area contributed by atoms with E-state index >= 15 is 0 Å². The molecule has 0 unspecified atom stereocenters. The summed E-state index contributed by atoms with van der Waals surface area (Å²) in [6.07, 6.45) is 1.48. The van der Waals surface area contributed by atoms with Crippen molar-refractivity contribution in [3.63, 3.8) is 0 Å². The molecule has 8 nitrogen and oxygen atoms in total. The van der Waals surface area contributed by atoms with Crippen LogP contribution in [-0.4, -0.2) is 64.7 Å². The first-order valence-electron chi connectivity index (χ1n) is 11.7. The predicted octanol–water partition coefficient (Wildman–Crippen LogP) is 4.32. The molecule has 9 heteroatoms. The molecule has 1 aliphatic rings. The number of carbonyl (C=O) groups excluding carboxylic acids is 2. The van der Waals surface area contributed by atoms with Gasteiger partial charge in [0, 0.05) is 53.9 Å². The Morgan fingerprint density at radius 1 is 1.09 bits per heavy atom. The van der Waals surface area contributed by atoms with Gasteiger partial charge in [0.25, 0.3) is 5.91 Å². The topological polar surface area (TPSA) is 109 Å². The number of benzene rings is 2. The van der Waals surface area contributed by atoms with E-state index in [1.807, 2.05) is 13.0 Å². The summed E-state index contributed by atoms with van der Waals surface area (Å²) < 4.78 is 5.27. The van der Waals surface area contributed by atoms with Crippen molar-refractivity contribution in [1.82, 2.24) is 14.8 Å². The SMILES string of the molecule is CCCCOC(=O)N1CCN(C(=O)c2ccc3c(Cl)cc(-c4ccc(N)c(CO)c4)nc3c2)CC1. The fourth-order valence-corrected chi connectivity index (χ4v) is 4.30. The van der Waals surface area contributed by atoms with Gasteiger partial charge in [-0.3, -0.25) is 4.79 Å². The number of nitrogens with two attached hydrogens (primary N) is 1. The van der Waals surface area contributed by atoms with Gasteiger partial charge < -0.3 is 25.4 Å². The van der Waals surface area contributed by atoms with Crippen LogP contribution in [-0.2, 0) is 11.3 Å². The first-order chi connectivity index (χ1) is 16.9. The normalized spacial score (nSPS) is 13.8. The highest BCUT2D eigenvalue weighted by Gasteiger charge is 2.26. The minimum Gasteiger partial charge on any atom is -0.449 e. The third-order valence-electron chi connectivity index (χ3n) is 6.16. The summed E-state index contributed by atoms with van der Waals surface area (Å²) >= 11 is 6.53. The van der Waals surface area contributed by atoms with Gasteiger partial charge in [-0.2, -0.15) is 0 Å². The molecular weight excluding hydrogens is 468 g/mol. The number of carbonyl (C=O) groups is 2. The molecule has 1 fully saturated rings. The van der Waals surface area contributed by atoms with Crippen molar-refractivity contribution >= 4 is 40.2 Å². The molecule has 0 aliphatic carbocycles. The van der Waals surface area contributed by atoms with E-state index < -0.39 is 0 Å². The zero-order chi connectivity index (χ0) is 24.9. The summed E-state index contributed by atoms with van der Waals surface area (Å²) in [6, 6.07) is 12.4. The van der Waals surface area contributed by atoms with Gasteiger partial charge in [-0.05, 0) is 36.8 Å². The number of anilines is 1. The molecule has 3 aromatic rings. The van der Waals surface area contributed by atoms with Crippen molar-refractivity contribution in [3.8, 4) is 11.3 Å². The van der Waals surface area contributed by atoms with E-state index in [-0.39, 0.29) is 18.6 Å². The number of fused-ring (bicyclic) bond motifs is 1. The highest BCUT2D eigenvalue weighted by atomic mass is 35.5. The molecule has 0 bridgehead atoms. The van der Waals surface area contributed by atoms with E-state index in [9.17, 15) is 14.7 Å². The number of piperazine rings is 1. The molecule has 1 aliphatic heterocycles. The number of unbranched alkanes of at least 4 members (excludes halogenated alkanes) is 1. The van der Waals surface area contributed by atoms with Gasteiger partial charge in [0.15, 0.2) is 0 Å². The van der Waals surface area contributed by atoms with Gasteiger partial charge >= 0.3 is 6.09 Å². The summed E-state index contributed by atoms with van der Waals surface area (Å²) in [5, 5.41) is 10.8. The standard InChI is InChI=1S/C26H29ClN4O4/c1-2-3-12-35-26(34)31-10-8-30(9-11-31)25(33)18-4-6-20-21(27)15-23(29-24(20)14-18)17-5-7-22(28)19(13-17)16-32/h4-7,13-15,32H,2-3,8-12,16,28H2,1H3. The lowest BCUT2D eigenvalue weighted by molar-refractivity contribution is 0.0558. The smallest absolute Gasteiger partial charge is 0.409 e.